The fourth-order valence-electron chi connectivity index (χ4n) is 4.37. The third-order valence-electron chi connectivity index (χ3n) is 6.36. The lowest BCUT2D eigenvalue weighted by Gasteiger charge is -2.27. The van der Waals surface area contributed by atoms with Gasteiger partial charge in [0.05, 0.1) is 11.8 Å². The quantitative estimate of drug-likeness (QED) is 0.409. The molecule has 1 aliphatic carbocycles. The highest BCUT2D eigenvalue weighted by Crippen LogP contribution is 2.34. The zero-order valence-corrected chi connectivity index (χ0v) is 20.1. The Balaban J connectivity index is 1.42. The summed E-state index contributed by atoms with van der Waals surface area (Å²) < 4.78 is 10.9. The first-order chi connectivity index (χ1) is 17.3. The van der Waals surface area contributed by atoms with Crippen LogP contribution < -0.4 is 10.6 Å². The van der Waals surface area contributed by atoms with Crippen LogP contribution in [-0.4, -0.2) is 33.2 Å². The van der Waals surface area contributed by atoms with E-state index in [1.165, 1.54) is 0 Å². The Kier molecular flexibility index (Phi) is 7.62. The number of aryl methyl sites for hydroxylation is 1. The lowest BCUT2D eigenvalue weighted by atomic mass is 9.78. The minimum absolute atomic E-state index is 0.293. The number of hydrogen-bond donors (Lipinski definition) is 3. The number of aromatic nitrogens is 2. The van der Waals surface area contributed by atoms with Gasteiger partial charge < -0.3 is 19.7 Å². The van der Waals surface area contributed by atoms with Gasteiger partial charge in [-0.3, -0.25) is 19.9 Å². The van der Waals surface area contributed by atoms with Gasteiger partial charge in [-0.25, -0.2) is 4.79 Å². The molecule has 188 valence electrons. The molecule has 0 spiro atoms. The molecular weight excluding hydrogens is 464 g/mol. The van der Waals surface area contributed by atoms with Crippen molar-refractivity contribution in [1.29, 1.82) is 0 Å². The van der Waals surface area contributed by atoms with Gasteiger partial charge in [0.1, 0.15) is 17.5 Å². The number of carbonyl (C=O) groups is 3. The van der Waals surface area contributed by atoms with Gasteiger partial charge in [-0.05, 0) is 57.0 Å². The molecule has 1 saturated carbocycles. The van der Waals surface area contributed by atoms with Crippen molar-refractivity contribution in [3.8, 4) is 11.3 Å². The Bertz CT molecular complexity index is 1220. The molecule has 4 rings (SSSR count). The molecule has 0 bridgehead atoms. The van der Waals surface area contributed by atoms with Crippen LogP contribution in [0.4, 0.5) is 16.2 Å². The molecule has 3 N–H and O–H groups in total. The number of anilines is 2. The Morgan fingerprint density at radius 1 is 1.08 bits per heavy atom. The maximum Gasteiger partial charge on any atom is 0.412 e. The summed E-state index contributed by atoms with van der Waals surface area (Å²) in [6.45, 7) is 3.45. The highest BCUT2D eigenvalue weighted by molar-refractivity contribution is 5.96. The summed E-state index contributed by atoms with van der Waals surface area (Å²) in [5.74, 6) is -2.10. The number of carbonyl (C=O) groups excluding carboxylic acids is 2. The third kappa shape index (κ3) is 5.70. The molecule has 1 fully saturated rings. The Hall–Kier alpha value is -4.21. The van der Waals surface area contributed by atoms with Crippen molar-refractivity contribution in [3.63, 3.8) is 0 Å². The summed E-state index contributed by atoms with van der Waals surface area (Å²) in [5.41, 5.74) is 2.78. The van der Waals surface area contributed by atoms with Gasteiger partial charge in [0.25, 0.3) is 0 Å². The number of rotatable bonds is 7. The van der Waals surface area contributed by atoms with E-state index in [2.05, 4.69) is 20.8 Å². The fourth-order valence-corrected chi connectivity index (χ4v) is 4.37. The second-order valence-electron chi connectivity index (χ2n) is 8.83. The average molecular weight is 493 g/mol. The van der Waals surface area contributed by atoms with Crippen molar-refractivity contribution < 1.29 is 28.8 Å². The standard InChI is InChI=1S/C26H28N4O6/c1-15-22(29-26(34)35-16(2)18-6-5-13-27-14-18)23(36-30-15)17-9-11-19(12-10-17)28-24(31)20-7-3-4-8-21(20)25(32)33/h5-6,9-14,16,20-21H,3-4,7-8H2,1-2H3,(H,28,31)(H,29,34)(H,32,33)/t16-,20-,21-/m1/s1. The molecule has 2 aromatic heterocycles. The first-order valence-corrected chi connectivity index (χ1v) is 11.8. The van der Waals surface area contributed by atoms with Gasteiger partial charge in [0.15, 0.2) is 5.76 Å². The minimum Gasteiger partial charge on any atom is -0.481 e. The monoisotopic (exact) mass is 492 g/mol. The van der Waals surface area contributed by atoms with Crippen molar-refractivity contribution in [2.24, 2.45) is 11.8 Å². The molecule has 3 atom stereocenters. The van der Waals surface area contributed by atoms with Gasteiger partial charge in [-0.1, -0.05) is 24.1 Å². The third-order valence-corrected chi connectivity index (χ3v) is 6.36. The average Bonchev–Trinajstić information content (AvgIpc) is 3.24. The van der Waals surface area contributed by atoms with Gasteiger partial charge in [-0.15, -0.1) is 0 Å². The van der Waals surface area contributed by atoms with Crippen LogP contribution in [-0.2, 0) is 14.3 Å². The molecule has 10 heteroatoms. The van der Waals surface area contributed by atoms with Crippen LogP contribution in [0.15, 0.2) is 53.3 Å². The summed E-state index contributed by atoms with van der Waals surface area (Å²) in [6, 6.07) is 10.4. The van der Waals surface area contributed by atoms with E-state index < -0.39 is 30.0 Å². The number of hydrogen-bond acceptors (Lipinski definition) is 7. The van der Waals surface area contributed by atoms with Gasteiger partial charge >= 0.3 is 12.1 Å². The largest absolute Gasteiger partial charge is 0.481 e. The van der Waals surface area contributed by atoms with E-state index in [9.17, 15) is 19.5 Å². The Labute approximate surface area is 208 Å². The van der Waals surface area contributed by atoms with Gasteiger partial charge in [0, 0.05) is 29.2 Å². The minimum atomic E-state index is -0.931. The van der Waals surface area contributed by atoms with E-state index in [0.717, 1.165) is 18.4 Å². The highest BCUT2D eigenvalue weighted by Gasteiger charge is 2.35. The first-order valence-electron chi connectivity index (χ1n) is 11.8. The predicted molar refractivity (Wildman–Crippen MR) is 131 cm³/mol. The molecule has 0 radical (unpaired) electrons. The van der Waals surface area contributed by atoms with E-state index >= 15 is 0 Å². The maximum atomic E-state index is 12.7. The number of amides is 2. The van der Waals surface area contributed by atoms with Crippen LogP contribution >= 0.6 is 0 Å². The summed E-state index contributed by atoms with van der Waals surface area (Å²) in [4.78, 5) is 40.8. The molecule has 2 amide bonds. The molecule has 36 heavy (non-hydrogen) atoms. The number of carboxylic acids is 1. The summed E-state index contributed by atoms with van der Waals surface area (Å²) in [5, 5.41) is 18.9. The van der Waals surface area contributed by atoms with E-state index in [4.69, 9.17) is 9.26 Å². The lowest BCUT2D eigenvalue weighted by molar-refractivity contribution is -0.147. The Morgan fingerprint density at radius 2 is 1.81 bits per heavy atom. The van der Waals surface area contributed by atoms with E-state index in [1.54, 1.807) is 56.6 Å². The van der Waals surface area contributed by atoms with Gasteiger partial charge in [0.2, 0.25) is 5.91 Å². The second kappa shape index (κ2) is 11.0. The molecule has 1 aliphatic rings. The van der Waals surface area contributed by atoms with Crippen molar-refractivity contribution in [2.75, 3.05) is 10.6 Å². The van der Waals surface area contributed by atoms with Crippen LogP contribution in [0.3, 0.4) is 0 Å². The molecule has 10 nitrogen and oxygen atoms in total. The van der Waals surface area contributed by atoms with Crippen molar-refractivity contribution in [1.82, 2.24) is 10.1 Å². The molecule has 0 aliphatic heterocycles. The van der Waals surface area contributed by atoms with E-state index in [1.807, 2.05) is 6.07 Å². The number of nitrogens with zero attached hydrogens (tertiary/aromatic N) is 2. The van der Waals surface area contributed by atoms with Crippen LogP contribution in [0.1, 0.15) is 50.0 Å². The Morgan fingerprint density at radius 3 is 2.47 bits per heavy atom. The predicted octanol–water partition coefficient (Wildman–Crippen LogP) is 5.18. The number of ether oxygens (including phenoxy) is 1. The molecule has 1 aromatic carbocycles. The lowest BCUT2D eigenvalue weighted by Crippen LogP contribution is -2.36. The van der Waals surface area contributed by atoms with Gasteiger partial charge in [-0.2, -0.15) is 0 Å². The van der Waals surface area contributed by atoms with Crippen molar-refractivity contribution in [3.05, 3.63) is 60.0 Å². The molecule has 2 heterocycles. The zero-order chi connectivity index (χ0) is 25.7. The summed E-state index contributed by atoms with van der Waals surface area (Å²) >= 11 is 0. The topological polar surface area (TPSA) is 144 Å². The molecule has 3 aromatic rings. The van der Waals surface area contributed by atoms with E-state index in [-0.39, 0.29) is 5.91 Å². The zero-order valence-electron chi connectivity index (χ0n) is 20.1. The smallest absolute Gasteiger partial charge is 0.412 e. The first kappa shape index (κ1) is 24.9. The summed E-state index contributed by atoms with van der Waals surface area (Å²) in [6.07, 6.45) is 4.83. The number of pyridine rings is 1. The number of benzene rings is 1. The number of carboxylic acid groups (broad SMARTS) is 1. The molecule has 0 unspecified atom stereocenters. The van der Waals surface area contributed by atoms with E-state index in [0.29, 0.717) is 41.2 Å². The second-order valence-corrected chi connectivity index (χ2v) is 8.83. The number of aliphatic carboxylic acids is 1. The molecular formula is C26H28N4O6. The SMILES string of the molecule is Cc1noc(-c2ccc(NC(=O)[C@@H]3CCCC[C@H]3C(=O)O)cc2)c1NC(=O)O[C@H](C)c1cccnc1. The number of nitrogens with one attached hydrogen (secondary N) is 2. The maximum absolute atomic E-state index is 12.7. The highest BCUT2D eigenvalue weighted by atomic mass is 16.6. The van der Waals surface area contributed by atoms with Crippen LogP contribution in [0.2, 0.25) is 0 Å². The van der Waals surface area contributed by atoms with Crippen LogP contribution in [0.25, 0.3) is 11.3 Å². The fraction of sp³-hybridized carbons (Fsp3) is 0.346. The normalized spacial score (nSPS) is 18.2. The van der Waals surface area contributed by atoms with Crippen LogP contribution in [0.5, 0.6) is 0 Å². The van der Waals surface area contributed by atoms with Crippen molar-refractivity contribution >= 4 is 29.3 Å². The van der Waals surface area contributed by atoms with Crippen molar-refractivity contribution in [2.45, 2.75) is 45.6 Å². The summed E-state index contributed by atoms with van der Waals surface area (Å²) in [7, 11) is 0. The van der Waals surface area contributed by atoms with Crippen LogP contribution in [0, 0.1) is 18.8 Å². The molecule has 0 saturated heterocycles.